The number of pyridine rings is 1. The molecule has 1 aliphatic rings. The number of aromatic nitrogens is 2. The zero-order valence-electron chi connectivity index (χ0n) is 19.3. The second kappa shape index (κ2) is 9.60. The summed E-state index contributed by atoms with van der Waals surface area (Å²) < 4.78 is 12.3. The van der Waals surface area contributed by atoms with Crippen LogP contribution in [-0.4, -0.2) is 34.9 Å². The van der Waals surface area contributed by atoms with E-state index >= 15 is 0 Å². The van der Waals surface area contributed by atoms with Crippen molar-refractivity contribution in [1.29, 1.82) is 0 Å². The van der Waals surface area contributed by atoms with E-state index in [0.29, 0.717) is 10.7 Å². The van der Waals surface area contributed by atoms with E-state index in [1.54, 1.807) is 19.4 Å². The Morgan fingerprint density at radius 2 is 1.80 bits per heavy atom. The van der Waals surface area contributed by atoms with Crippen LogP contribution in [0.1, 0.15) is 33.8 Å². The van der Waals surface area contributed by atoms with Gasteiger partial charge in [0.25, 0.3) is 0 Å². The minimum atomic E-state index is -0.379. The lowest BCUT2D eigenvalue weighted by Gasteiger charge is -2.29. The van der Waals surface area contributed by atoms with E-state index in [9.17, 15) is 4.79 Å². The SMILES string of the molecule is COC(=O)c1cccc(-n2cccc2[C@@H]2[C@H](c3ccccn3)NC(=S)N2c2ccc(OC)cc2)c1. The number of esters is 1. The molecule has 5 rings (SSSR count). The highest BCUT2D eigenvalue weighted by Gasteiger charge is 2.42. The van der Waals surface area contributed by atoms with E-state index in [1.165, 1.54) is 7.11 Å². The second-order valence-electron chi connectivity index (χ2n) is 8.04. The van der Waals surface area contributed by atoms with Crippen LogP contribution in [0.15, 0.2) is 91.3 Å². The van der Waals surface area contributed by atoms with Crippen molar-refractivity contribution >= 4 is 29.0 Å². The highest BCUT2D eigenvalue weighted by atomic mass is 32.1. The van der Waals surface area contributed by atoms with Crippen LogP contribution in [0.5, 0.6) is 5.75 Å². The first-order valence-electron chi connectivity index (χ1n) is 11.1. The van der Waals surface area contributed by atoms with Gasteiger partial charge in [0.1, 0.15) is 11.8 Å². The third-order valence-electron chi connectivity index (χ3n) is 6.08. The minimum Gasteiger partial charge on any atom is -0.497 e. The molecule has 3 heterocycles. The maximum atomic E-state index is 12.2. The molecule has 0 unspecified atom stereocenters. The van der Waals surface area contributed by atoms with E-state index in [0.717, 1.165) is 28.5 Å². The molecule has 0 aliphatic carbocycles. The largest absolute Gasteiger partial charge is 0.497 e. The van der Waals surface area contributed by atoms with Gasteiger partial charge in [-0.3, -0.25) is 4.98 Å². The number of thiocarbonyl (C=S) groups is 1. The van der Waals surface area contributed by atoms with Crippen molar-refractivity contribution in [2.45, 2.75) is 12.1 Å². The summed E-state index contributed by atoms with van der Waals surface area (Å²) in [5.41, 5.74) is 4.14. The Morgan fingerprint density at radius 3 is 2.51 bits per heavy atom. The number of nitrogens with one attached hydrogen (secondary N) is 1. The number of hydrogen-bond acceptors (Lipinski definition) is 5. The first-order chi connectivity index (χ1) is 17.1. The lowest BCUT2D eigenvalue weighted by molar-refractivity contribution is 0.0600. The van der Waals surface area contributed by atoms with Gasteiger partial charge in [-0.2, -0.15) is 0 Å². The lowest BCUT2D eigenvalue weighted by Crippen LogP contribution is -2.30. The van der Waals surface area contributed by atoms with E-state index in [1.807, 2.05) is 72.9 Å². The number of rotatable bonds is 6. The summed E-state index contributed by atoms with van der Waals surface area (Å²) in [6.07, 6.45) is 3.76. The van der Waals surface area contributed by atoms with Crippen LogP contribution in [0.4, 0.5) is 5.69 Å². The monoisotopic (exact) mass is 484 g/mol. The quantitative estimate of drug-likeness (QED) is 0.310. The molecule has 0 radical (unpaired) electrons. The van der Waals surface area contributed by atoms with Gasteiger partial charge in [0.05, 0.1) is 31.5 Å². The fraction of sp³-hybridized carbons (Fsp3) is 0.148. The van der Waals surface area contributed by atoms with Gasteiger partial charge in [0.2, 0.25) is 0 Å². The molecule has 7 nitrogen and oxygen atoms in total. The zero-order chi connectivity index (χ0) is 24.4. The maximum Gasteiger partial charge on any atom is 0.337 e. The molecule has 1 aliphatic heterocycles. The molecule has 2 atom stereocenters. The van der Waals surface area contributed by atoms with Crippen molar-refractivity contribution in [1.82, 2.24) is 14.9 Å². The van der Waals surface area contributed by atoms with Crippen molar-refractivity contribution in [3.8, 4) is 11.4 Å². The van der Waals surface area contributed by atoms with Gasteiger partial charge in [0.15, 0.2) is 5.11 Å². The Hall–Kier alpha value is -4.17. The average molecular weight is 485 g/mol. The molecule has 4 aromatic rings. The Bertz CT molecular complexity index is 1350. The first-order valence-corrected chi connectivity index (χ1v) is 11.5. The molecule has 35 heavy (non-hydrogen) atoms. The van der Waals surface area contributed by atoms with E-state index < -0.39 is 0 Å². The molecule has 0 amide bonds. The summed E-state index contributed by atoms with van der Waals surface area (Å²) in [4.78, 5) is 18.9. The summed E-state index contributed by atoms with van der Waals surface area (Å²) in [5.74, 6) is 0.392. The molecular weight excluding hydrogens is 460 g/mol. The van der Waals surface area contributed by atoms with E-state index in [-0.39, 0.29) is 18.1 Å². The predicted octanol–water partition coefficient (Wildman–Crippen LogP) is 4.84. The summed E-state index contributed by atoms with van der Waals surface area (Å²) >= 11 is 5.83. The van der Waals surface area contributed by atoms with Crippen LogP contribution in [0.25, 0.3) is 5.69 Å². The van der Waals surface area contributed by atoms with Crippen molar-refractivity contribution in [2.24, 2.45) is 0 Å². The highest BCUT2D eigenvalue weighted by molar-refractivity contribution is 7.80. The molecule has 1 saturated heterocycles. The number of anilines is 1. The zero-order valence-corrected chi connectivity index (χ0v) is 20.1. The Morgan fingerprint density at radius 1 is 0.971 bits per heavy atom. The molecule has 1 N–H and O–H groups in total. The summed E-state index contributed by atoms with van der Waals surface area (Å²) in [6, 6.07) is 24.7. The van der Waals surface area contributed by atoms with Crippen LogP contribution >= 0.6 is 12.2 Å². The van der Waals surface area contributed by atoms with Crippen LogP contribution in [0.3, 0.4) is 0 Å². The smallest absolute Gasteiger partial charge is 0.337 e. The number of methoxy groups -OCH3 is 2. The van der Waals surface area contributed by atoms with Gasteiger partial charge in [0, 0.05) is 29.5 Å². The molecule has 2 aromatic heterocycles. The van der Waals surface area contributed by atoms with Crippen LogP contribution < -0.4 is 15.0 Å². The number of carbonyl (C=O) groups excluding carboxylic acids is 1. The van der Waals surface area contributed by atoms with Crippen LogP contribution in [0.2, 0.25) is 0 Å². The summed E-state index contributed by atoms with van der Waals surface area (Å²) in [6.45, 7) is 0. The van der Waals surface area contributed by atoms with Gasteiger partial charge in [-0.05, 0) is 78.9 Å². The highest BCUT2D eigenvalue weighted by Crippen LogP contribution is 2.42. The van der Waals surface area contributed by atoms with Crippen LogP contribution in [-0.2, 0) is 4.74 Å². The van der Waals surface area contributed by atoms with E-state index in [4.69, 9.17) is 21.7 Å². The number of ether oxygens (including phenoxy) is 2. The first kappa shape index (κ1) is 22.6. The lowest BCUT2D eigenvalue weighted by atomic mass is 10.0. The van der Waals surface area contributed by atoms with Gasteiger partial charge in [-0.15, -0.1) is 0 Å². The number of carbonyl (C=O) groups is 1. The normalized spacial score (nSPS) is 17.2. The van der Waals surface area contributed by atoms with Crippen molar-refractivity contribution in [2.75, 3.05) is 19.1 Å². The number of nitrogens with zero attached hydrogens (tertiary/aromatic N) is 3. The van der Waals surface area contributed by atoms with Gasteiger partial charge in [-0.25, -0.2) is 4.79 Å². The molecule has 2 aromatic carbocycles. The molecule has 8 heteroatoms. The number of benzene rings is 2. The number of hydrogen-bond donors (Lipinski definition) is 1. The molecule has 176 valence electrons. The van der Waals surface area contributed by atoms with Gasteiger partial charge >= 0.3 is 5.97 Å². The molecule has 0 bridgehead atoms. The fourth-order valence-electron chi connectivity index (χ4n) is 4.45. The topological polar surface area (TPSA) is 68.6 Å². The van der Waals surface area contributed by atoms with E-state index in [2.05, 4.69) is 25.8 Å². The minimum absolute atomic E-state index is 0.191. The van der Waals surface area contributed by atoms with Crippen molar-refractivity contribution < 1.29 is 14.3 Å². The van der Waals surface area contributed by atoms with Gasteiger partial charge in [-0.1, -0.05) is 12.1 Å². The third kappa shape index (κ3) is 4.24. The predicted molar refractivity (Wildman–Crippen MR) is 138 cm³/mol. The fourth-order valence-corrected chi connectivity index (χ4v) is 4.79. The summed E-state index contributed by atoms with van der Waals surface area (Å²) in [7, 11) is 3.03. The Labute approximate surface area is 208 Å². The molecule has 0 spiro atoms. The summed E-state index contributed by atoms with van der Waals surface area (Å²) in [5, 5.41) is 4.08. The van der Waals surface area contributed by atoms with Crippen LogP contribution in [0, 0.1) is 0 Å². The molecule has 0 saturated carbocycles. The van der Waals surface area contributed by atoms with Gasteiger partial charge < -0.3 is 24.3 Å². The Balaban J connectivity index is 1.64. The standard InChI is InChI=1S/C27H24N4O3S/c1-33-21-13-11-19(12-14-21)31-25(24(29-27(31)35)22-9-3-4-15-28-22)23-10-6-16-30(23)20-8-5-7-18(17-20)26(32)34-2/h3-17,24-25H,1-2H3,(H,29,35)/t24-,25+/m0/s1. The van der Waals surface area contributed by atoms with Crippen molar-refractivity contribution in [3.63, 3.8) is 0 Å². The third-order valence-corrected chi connectivity index (χ3v) is 6.39. The Kier molecular flexibility index (Phi) is 6.20. The second-order valence-corrected chi connectivity index (χ2v) is 8.43. The molecular formula is C27H24N4O3S. The molecule has 1 fully saturated rings. The maximum absolute atomic E-state index is 12.2. The van der Waals surface area contributed by atoms with Crippen molar-refractivity contribution in [3.05, 3.63) is 108 Å². The average Bonchev–Trinajstić information content (AvgIpc) is 3.53.